The maximum Gasteiger partial charge on any atom is 0.256 e. The number of thiophene rings is 1. The van der Waals surface area contributed by atoms with Crippen LogP contribution in [0.1, 0.15) is 40.9 Å². The van der Waals surface area contributed by atoms with Crippen LogP contribution in [0.15, 0.2) is 35.7 Å². The average Bonchev–Trinajstić information content (AvgIpc) is 3.47. The van der Waals surface area contributed by atoms with Crippen molar-refractivity contribution < 1.29 is 23.1 Å². The number of halogens is 2. The summed E-state index contributed by atoms with van der Waals surface area (Å²) >= 11 is 1.63. The number of amides is 2. The van der Waals surface area contributed by atoms with E-state index in [0.717, 1.165) is 36.5 Å². The number of piperidine rings is 1. The molecule has 0 N–H and O–H groups in total. The normalized spacial score (nSPS) is 19.5. The van der Waals surface area contributed by atoms with E-state index in [1.54, 1.807) is 16.2 Å². The molecular formula is C23H26F2N2O3S. The molecule has 5 nitrogen and oxygen atoms in total. The quantitative estimate of drug-likeness (QED) is 0.669. The van der Waals surface area contributed by atoms with Crippen LogP contribution in [0.3, 0.4) is 0 Å². The first-order valence-electron chi connectivity index (χ1n) is 10.7. The Hall–Kier alpha value is -2.32. The highest BCUT2D eigenvalue weighted by atomic mass is 32.1. The van der Waals surface area contributed by atoms with Crippen molar-refractivity contribution in [3.63, 3.8) is 0 Å². The van der Waals surface area contributed by atoms with E-state index in [-0.39, 0.29) is 23.5 Å². The first-order chi connectivity index (χ1) is 15.0. The van der Waals surface area contributed by atoms with Crippen LogP contribution in [-0.4, -0.2) is 54.0 Å². The minimum Gasteiger partial charge on any atom is -0.376 e. The van der Waals surface area contributed by atoms with E-state index in [1.165, 1.54) is 6.07 Å². The van der Waals surface area contributed by atoms with Crippen LogP contribution in [0.5, 0.6) is 0 Å². The molecule has 0 saturated carbocycles. The summed E-state index contributed by atoms with van der Waals surface area (Å²) in [5.41, 5.74) is -0.135. The third kappa shape index (κ3) is 5.30. The van der Waals surface area contributed by atoms with Gasteiger partial charge in [0.1, 0.15) is 11.6 Å². The van der Waals surface area contributed by atoms with Gasteiger partial charge in [-0.1, -0.05) is 6.07 Å². The third-order valence-corrected chi connectivity index (χ3v) is 6.84. The molecular weight excluding hydrogens is 422 g/mol. The van der Waals surface area contributed by atoms with E-state index in [9.17, 15) is 18.4 Å². The number of nitrogens with zero attached hydrogens (tertiary/aromatic N) is 2. The zero-order valence-electron chi connectivity index (χ0n) is 17.3. The maximum atomic E-state index is 14.0. The highest BCUT2D eigenvalue weighted by Crippen LogP contribution is 2.25. The molecule has 4 rings (SSSR count). The van der Waals surface area contributed by atoms with Crippen LogP contribution in [-0.2, 0) is 16.1 Å². The summed E-state index contributed by atoms with van der Waals surface area (Å²) in [6, 6.07) is 6.98. The van der Waals surface area contributed by atoms with Crippen LogP contribution in [0, 0.1) is 17.6 Å². The Morgan fingerprint density at radius 1 is 1.16 bits per heavy atom. The molecule has 8 heteroatoms. The van der Waals surface area contributed by atoms with Crippen LogP contribution in [0.2, 0.25) is 0 Å². The van der Waals surface area contributed by atoms with Crippen molar-refractivity contribution in [2.24, 2.45) is 5.92 Å². The molecule has 166 valence electrons. The van der Waals surface area contributed by atoms with E-state index in [4.69, 9.17) is 4.74 Å². The summed E-state index contributed by atoms with van der Waals surface area (Å²) in [6.45, 7) is 2.64. The minimum absolute atomic E-state index is 0.0760. The standard InChI is InChI=1S/C23H26F2N2O3S/c24-17-5-6-20(21(25)13-17)23(29)26-9-7-16(8-10-26)22(28)27(14-18-3-1-11-30-18)15-19-4-2-12-31-19/h2,4-6,12-13,16,18H,1,3,7-11,14-15H2. The maximum absolute atomic E-state index is 14.0. The van der Waals surface area contributed by atoms with Crippen LogP contribution < -0.4 is 0 Å². The van der Waals surface area contributed by atoms with Crippen molar-refractivity contribution >= 4 is 23.2 Å². The second-order valence-electron chi connectivity index (χ2n) is 8.12. The zero-order valence-corrected chi connectivity index (χ0v) is 18.1. The number of likely N-dealkylation sites (tertiary alicyclic amines) is 1. The third-order valence-electron chi connectivity index (χ3n) is 5.98. The molecule has 31 heavy (non-hydrogen) atoms. The first-order valence-corrected chi connectivity index (χ1v) is 11.6. The Morgan fingerprint density at radius 3 is 2.61 bits per heavy atom. The van der Waals surface area contributed by atoms with Gasteiger partial charge in [0, 0.05) is 43.1 Å². The second kappa shape index (κ2) is 9.87. The van der Waals surface area contributed by atoms with Gasteiger partial charge in [-0.25, -0.2) is 8.78 Å². The number of hydrogen-bond acceptors (Lipinski definition) is 4. The van der Waals surface area contributed by atoms with E-state index >= 15 is 0 Å². The van der Waals surface area contributed by atoms with Crippen LogP contribution >= 0.6 is 11.3 Å². The SMILES string of the molecule is O=C(c1ccc(F)cc1F)N1CCC(C(=O)N(Cc2cccs2)CC2CCCO2)CC1. The number of hydrogen-bond donors (Lipinski definition) is 0. The van der Waals surface area contributed by atoms with Crippen molar-refractivity contribution in [3.05, 3.63) is 57.8 Å². The Kier molecular flexibility index (Phi) is 6.97. The molecule has 2 aromatic rings. The molecule has 0 bridgehead atoms. The highest BCUT2D eigenvalue weighted by molar-refractivity contribution is 7.09. The van der Waals surface area contributed by atoms with E-state index in [2.05, 4.69) is 0 Å². The highest BCUT2D eigenvalue weighted by Gasteiger charge is 2.33. The molecule has 2 fully saturated rings. The van der Waals surface area contributed by atoms with Gasteiger partial charge in [0.05, 0.1) is 18.2 Å². The Labute approximate surface area is 184 Å². The Bertz CT molecular complexity index is 908. The van der Waals surface area contributed by atoms with Crippen molar-refractivity contribution in [2.45, 2.75) is 38.3 Å². The Morgan fingerprint density at radius 2 is 1.97 bits per heavy atom. The molecule has 1 aromatic carbocycles. The van der Waals surface area contributed by atoms with Gasteiger partial charge in [-0.15, -0.1) is 11.3 Å². The number of rotatable bonds is 6. The van der Waals surface area contributed by atoms with E-state index in [1.807, 2.05) is 22.4 Å². The molecule has 2 amide bonds. The van der Waals surface area contributed by atoms with Gasteiger partial charge in [0.15, 0.2) is 0 Å². The molecule has 1 atom stereocenters. The summed E-state index contributed by atoms with van der Waals surface area (Å²) in [7, 11) is 0. The van der Waals surface area contributed by atoms with Crippen molar-refractivity contribution in [1.82, 2.24) is 9.80 Å². The van der Waals surface area contributed by atoms with Crippen LogP contribution in [0.25, 0.3) is 0 Å². The largest absolute Gasteiger partial charge is 0.376 e. The smallest absolute Gasteiger partial charge is 0.256 e. The topological polar surface area (TPSA) is 49.9 Å². The van der Waals surface area contributed by atoms with Gasteiger partial charge in [0.2, 0.25) is 5.91 Å². The lowest BCUT2D eigenvalue weighted by atomic mass is 9.94. The number of carbonyl (C=O) groups excluding carboxylic acids is 2. The fraction of sp³-hybridized carbons (Fsp3) is 0.478. The predicted molar refractivity (Wildman–Crippen MR) is 114 cm³/mol. The summed E-state index contributed by atoms with van der Waals surface area (Å²) in [5, 5.41) is 2.00. The molecule has 0 radical (unpaired) electrons. The molecule has 1 aromatic heterocycles. The lowest BCUT2D eigenvalue weighted by Crippen LogP contribution is -2.46. The van der Waals surface area contributed by atoms with Crippen molar-refractivity contribution in [1.29, 1.82) is 0 Å². The lowest BCUT2D eigenvalue weighted by Gasteiger charge is -2.35. The first kappa shape index (κ1) is 21.9. The van der Waals surface area contributed by atoms with E-state index in [0.29, 0.717) is 39.0 Å². The molecule has 0 aliphatic carbocycles. The van der Waals surface area contributed by atoms with Gasteiger partial charge < -0.3 is 14.5 Å². The molecule has 1 unspecified atom stereocenters. The molecule has 2 aliphatic heterocycles. The lowest BCUT2D eigenvalue weighted by molar-refractivity contribution is -0.139. The molecule has 0 spiro atoms. The van der Waals surface area contributed by atoms with Gasteiger partial charge in [0.25, 0.3) is 5.91 Å². The predicted octanol–water partition coefficient (Wildman–Crippen LogP) is 4.09. The minimum atomic E-state index is -0.859. The van der Waals surface area contributed by atoms with Crippen LogP contribution in [0.4, 0.5) is 8.78 Å². The molecule has 2 aliphatic rings. The van der Waals surface area contributed by atoms with Gasteiger partial charge in [-0.05, 0) is 49.3 Å². The average molecular weight is 449 g/mol. The number of benzene rings is 1. The second-order valence-corrected chi connectivity index (χ2v) is 9.16. The fourth-order valence-corrected chi connectivity index (χ4v) is 5.00. The fourth-order valence-electron chi connectivity index (χ4n) is 4.28. The zero-order chi connectivity index (χ0) is 21.8. The number of carbonyl (C=O) groups is 2. The molecule has 2 saturated heterocycles. The van der Waals surface area contributed by atoms with Crippen molar-refractivity contribution in [2.75, 3.05) is 26.2 Å². The Balaban J connectivity index is 1.38. The monoisotopic (exact) mass is 448 g/mol. The summed E-state index contributed by atoms with van der Waals surface area (Å²) in [4.78, 5) is 30.5. The summed E-state index contributed by atoms with van der Waals surface area (Å²) in [5.74, 6) is -2.12. The van der Waals surface area contributed by atoms with E-state index < -0.39 is 17.5 Å². The summed E-state index contributed by atoms with van der Waals surface area (Å²) < 4.78 is 32.9. The molecule has 3 heterocycles. The van der Waals surface area contributed by atoms with Gasteiger partial charge in [-0.3, -0.25) is 9.59 Å². The summed E-state index contributed by atoms with van der Waals surface area (Å²) in [6.07, 6.45) is 3.11. The van der Waals surface area contributed by atoms with Gasteiger partial charge >= 0.3 is 0 Å². The number of ether oxygens (including phenoxy) is 1. The van der Waals surface area contributed by atoms with Crippen molar-refractivity contribution in [3.8, 4) is 0 Å². The van der Waals surface area contributed by atoms with Gasteiger partial charge in [-0.2, -0.15) is 0 Å².